The molecule has 9 heavy (non-hydrogen) atoms. The van der Waals surface area contributed by atoms with Crippen LogP contribution in [-0.4, -0.2) is 4.61 Å². The van der Waals surface area contributed by atoms with E-state index in [-0.39, 0.29) is 0 Å². The molecule has 1 aromatic heterocycles. The van der Waals surface area contributed by atoms with Gasteiger partial charge in [-0.25, -0.2) is 0 Å². The summed E-state index contributed by atoms with van der Waals surface area (Å²) in [5.41, 5.74) is 0. The molecule has 1 aromatic rings. The Morgan fingerprint density at radius 1 is 1.67 bits per heavy atom. The molecule has 3 heteroatoms. The second kappa shape index (κ2) is 4.24. The van der Waals surface area contributed by atoms with E-state index in [9.17, 15) is 0 Å². The molecule has 0 atom stereocenters. The van der Waals surface area contributed by atoms with Crippen molar-refractivity contribution in [3.8, 4) is 0 Å². The summed E-state index contributed by atoms with van der Waals surface area (Å²) in [5.74, 6) is 0. The van der Waals surface area contributed by atoms with Crippen molar-refractivity contribution in [2.45, 2.75) is 6.61 Å². The van der Waals surface area contributed by atoms with Crippen molar-refractivity contribution in [3.63, 3.8) is 0 Å². The van der Waals surface area contributed by atoms with E-state index in [1.165, 1.54) is 4.88 Å². The largest absolute Gasteiger partial charge is 0.366 e. The molecular weight excluding hydrogens is 247 g/mol. The third-order valence-electron chi connectivity index (χ3n) is 0.902. The van der Waals surface area contributed by atoms with Gasteiger partial charge < -0.3 is 4.74 Å². The lowest BCUT2D eigenvalue weighted by Crippen LogP contribution is -1.84. The summed E-state index contributed by atoms with van der Waals surface area (Å²) in [4.78, 5) is 1.30. The van der Waals surface area contributed by atoms with Gasteiger partial charge >= 0.3 is 0 Å². The van der Waals surface area contributed by atoms with Crippen LogP contribution >= 0.6 is 33.9 Å². The van der Waals surface area contributed by atoms with Gasteiger partial charge in [-0.2, -0.15) is 0 Å². The van der Waals surface area contributed by atoms with Crippen LogP contribution in [-0.2, 0) is 11.3 Å². The maximum atomic E-state index is 5.17. The zero-order chi connectivity index (χ0) is 6.53. The highest BCUT2D eigenvalue weighted by molar-refractivity contribution is 14.1. The molecular formula is C6H7IOS. The van der Waals surface area contributed by atoms with Crippen LogP contribution in [0.4, 0.5) is 0 Å². The van der Waals surface area contributed by atoms with Crippen molar-refractivity contribution in [1.82, 2.24) is 0 Å². The average Bonchev–Trinajstić information content (AvgIpc) is 2.34. The number of hydrogen-bond donors (Lipinski definition) is 0. The maximum Gasteiger partial charge on any atom is 0.0984 e. The van der Waals surface area contributed by atoms with Crippen molar-refractivity contribution in [2.75, 3.05) is 4.61 Å². The molecule has 0 aliphatic carbocycles. The highest BCUT2D eigenvalue weighted by atomic mass is 127. The first-order valence-electron chi connectivity index (χ1n) is 2.59. The van der Waals surface area contributed by atoms with Crippen molar-refractivity contribution in [2.24, 2.45) is 0 Å². The van der Waals surface area contributed by atoms with E-state index in [0.717, 1.165) is 11.2 Å². The van der Waals surface area contributed by atoms with Gasteiger partial charge in [-0.15, -0.1) is 11.3 Å². The van der Waals surface area contributed by atoms with E-state index < -0.39 is 0 Å². The Labute approximate surface area is 72.2 Å². The second-order valence-corrected chi connectivity index (χ2v) is 3.19. The smallest absolute Gasteiger partial charge is 0.0984 e. The van der Waals surface area contributed by atoms with Gasteiger partial charge in [-0.05, 0) is 11.4 Å². The Morgan fingerprint density at radius 3 is 3.11 bits per heavy atom. The second-order valence-electron chi connectivity index (χ2n) is 1.54. The van der Waals surface area contributed by atoms with Gasteiger partial charge in [0.25, 0.3) is 0 Å². The van der Waals surface area contributed by atoms with Crippen LogP contribution in [0.3, 0.4) is 0 Å². The lowest BCUT2D eigenvalue weighted by Gasteiger charge is -1.93. The molecule has 0 radical (unpaired) electrons. The van der Waals surface area contributed by atoms with E-state index in [4.69, 9.17) is 4.74 Å². The Morgan fingerprint density at radius 2 is 2.56 bits per heavy atom. The number of rotatable bonds is 3. The zero-order valence-corrected chi connectivity index (χ0v) is 7.81. The fraction of sp³-hybridized carbons (Fsp3) is 0.333. The molecule has 0 unspecified atom stereocenters. The Kier molecular flexibility index (Phi) is 3.54. The van der Waals surface area contributed by atoms with Gasteiger partial charge in [0.15, 0.2) is 0 Å². The minimum Gasteiger partial charge on any atom is -0.366 e. The van der Waals surface area contributed by atoms with E-state index in [0.29, 0.717) is 0 Å². The van der Waals surface area contributed by atoms with Crippen LogP contribution < -0.4 is 0 Å². The third kappa shape index (κ3) is 2.64. The lowest BCUT2D eigenvalue weighted by molar-refractivity contribution is 0.180. The average molecular weight is 254 g/mol. The number of thiophene rings is 1. The maximum absolute atomic E-state index is 5.17. The first-order valence-corrected chi connectivity index (χ1v) is 5.00. The first-order chi connectivity index (χ1) is 4.43. The van der Waals surface area contributed by atoms with Crippen molar-refractivity contribution < 1.29 is 4.74 Å². The summed E-state index contributed by atoms with van der Waals surface area (Å²) < 4.78 is 5.95. The molecule has 1 heterocycles. The standard InChI is InChI=1S/C6H7IOS/c7-5-8-4-6-2-1-3-9-6/h1-3H,4-5H2. The fourth-order valence-corrected chi connectivity index (χ4v) is 1.39. The Balaban J connectivity index is 2.30. The summed E-state index contributed by atoms with van der Waals surface area (Å²) in [5, 5.41) is 2.06. The Bertz CT molecular complexity index is 150. The normalized spacial score (nSPS) is 9.89. The minimum absolute atomic E-state index is 0.764. The van der Waals surface area contributed by atoms with Crippen LogP contribution in [0.5, 0.6) is 0 Å². The van der Waals surface area contributed by atoms with Gasteiger partial charge in [-0.3, -0.25) is 0 Å². The first kappa shape index (κ1) is 7.50. The van der Waals surface area contributed by atoms with Crippen molar-refractivity contribution in [3.05, 3.63) is 22.4 Å². The molecule has 0 saturated heterocycles. The van der Waals surface area contributed by atoms with Gasteiger partial charge in [0.05, 0.1) is 11.2 Å². The van der Waals surface area contributed by atoms with E-state index in [1.54, 1.807) is 11.3 Å². The zero-order valence-electron chi connectivity index (χ0n) is 4.84. The van der Waals surface area contributed by atoms with Crippen LogP contribution in [0, 0.1) is 0 Å². The highest BCUT2D eigenvalue weighted by Crippen LogP contribution is 2.09. The van der Waals surface area contributed by atoms with Gasteiger partial charge in [0, 0.05) is 4.88 Å². The number of ether oxygens (including phenoxy) is 1. The summed E-state index contributed by atoms with van der Waals surface area (Å²) in [6, 6.07) is 4.12. The minimum atomic E-state index is 0.764. The molecule has 0 aliphatic heterocycles. The van der Waals surface area contributed by atoms with E-state index in [1.807, 2.05) is 6.07 Å². The Hall–Kier alpha value is 0.390. The van der Waals surface area contributed by atoms with Crippen LogP contribution in [0.1, 0.15) is 4.88 Å². The molecule has 50 valence electrons. The summed E-state index contributed by atoms with van der Waals surface area (Å²) in [6.07, 6.45) is 0. The number of alkyl halides is 1. The summed E-state index contributed by atoms with van der Waals surface area (Å²) in [7, 11) is 0. The molecule has 0 amide bonds. The SMILES string of the molecule is ICOCc1cccs1. The molecule has 1 nitrogen and oxygen atoms in total. The topological polar surface area (TPSA) is 9.23 Å². The molecule has 0 N–H and O–H groups in total. The van der Waals surface area contributed by atoms with Crippen LogP contribution in [0.15, 0.2) is 17.5 Å². The molecule has 0 bridgehead atoms. The van der Waals surface area contributed by atoms with Gasteiger partial charge in [-0.1, -0.05) is 28.7 Å². The predicted molar refractivity (Wildman–Crippen MR) is 48.0 cm³/mol. The quantitative estimate of drug-likeness (QED) is 0.595. The third-order valence-corrected chi connectivity index (χ3v) is 2.19. The molecule has 0 spiro atoms. The fourth-order valence-electron chi connectivity index (χ4n) is 0.534. The molecule has 1 rings (SSSR count). The monoisotopic (exact) mass is 254 g/mol. The van der Waals surface area contributed by atoms with Crippen molar-refractivity contribution >= 4 is 33.9 Å². The highest BCUT2D eigenvalue weighted by Gasteiger charge is 1.89. The van der Waals surface area contributed by atoms with Crippen molar-refractivity contribution in [1.29, 1.82) is 0 Å². The van der Waals surface area contributed by atoms with Crippen LogP contribution in [0.2, 0.25) is 0 Å². The van der Waals surface area contributed by atoms with Crippen LogP contribution in [0.25, 0.3) is 0 Å². The summed E-state index contributed by atoms with van der Waals surface area (Å²) in [6.45, 7) is 0.764. The molecule has 0 fully saturated rings. The van der Waals surface area contributed by atoms with E-state index in [2.05, 4.69) is 34.0 Å². The van der Waals surface area contributed by atoms with E-state index >= 15 is 0 Å². The molecule has 0 aromatic carbocycles. The van der Waals surface area contributed by atoms with Gasteiger partial charge in [0.2, 0.25) is 0 Å². The number of halogens is 1. The number of hydrogen-bond acceptors (Lipinski definition) is 2. The predicted octanol–water partition coefficient (Wildman–Crippen LogP) is 2.66. The van der Waals surface area contributed by atoms with Gasteiger partial charge in [0.1, 0.15) is 0 Å². The molecule has 0 saturated carbocycles. The molecule has 0 aliphatic rings. The summed E-state index contributed by atoms with van der Waals surface area (Å²) >= 11 is 3.93. The lowest BCUT2D eigenvalue weighted by atomic mass is 10.5.